The number of rotatable bonds is 4. The molecule has 0 fully saturated rings. The number of carbonyl (C=O) groups excluding carboxylic acids is 1. The highest BCUT2D eigenvalue weighted by molar-refractivity contribution is 5.95. The topological polar surface area (TPSA) is 81.0 Å². The molecule has 130 valence electrons. The van der Waals surface area contributed by atoms with Crippen molar-refractivity contribution in [3.05, 3.63) is 63.8 Å². The van der Waals surface area contributed by atoms with Crippen LogP contribution >= 0.6 is 0 Å². The van der Waals surface area contributed by atoms with Gasteiger partial charge in [0.1, 0.15) is 5.82 Å². The van der Waals surface area contributed by atoms with Crippen molar-refractivity contribution in [3.8, 4) is 0 Å². The summed E-state index contributed by atoms with van der Waals surface area (Å²) in [5, 5.41) is 2.84. The zero-order valence-corrected chi connectivity index (χ0v) is 14.2. The van der Waals surface area contributed by atoms with Gasteiger partial charge in [0.05, 0.1) is 22.8 Å². The molecule has 0 aliphatic rings. The number of halogens is 1. The number of aromatic nitrogens is 2. The van der Waals surface area contributed by atoms with Gasteiger partial charge in [-0.3, -0.25) is 4.79 Å². The highest BCUT2D eigenvalue weighted by atomic mass is 19.1. The number of imidazole rings is 1. The summed E-state index contributed by atoms with van der Waals surface area (Å²) in [6.07, 6.45) is 0. The van der Waals surface area contributed by atoms with Crippen LogP contribution in [0.5, 0.6) is 0 Å². The molecule has 0 bridgehead atoms. The summed E-state index contributed by atoms with van der Waals surface area (Å²) in [6, 6.07) is 9.49. The second kappa shape index (κ2) is 6.43. The van der Waals surface area contributed by atoms with Gasteiger partial charge in [-0.15, -0.1) is 0 Å². The molecule has 7 heteroatoms. The van der Waals surface area contributed by atoms with Crippen LogP contribution in [-0.2, 0) is 0 Å². The Morgan fingerprint density at radius 2 is 1.84 bits per heavy atom. The Morgan fingerprint density at radius 3 is 2.52 bits per heavy atom. The van der Waals surface area contributed by atoms with Crippen LogP contribution in [0.4, 0.5) is 10.1 Å². The summed E-state index contributed by atoms with van der Waals surface area (Å²) in [4.78, 5) is 30.7. The fourth-order valence-electron chi connectivity index (χ4n) is 2.69. The van der Waals surface area contributed by atoms with Gasteiger partial charge in [0.15, 0.2) is 0 Å². The fourth-order valence-corrected chi connectivity index (χ4v) is 2.69. The van der Waals surface area contributed by atoms with Crippen LogP contribution in [0.3, 0.4) is 0 Å². The van der Waals surface area contributed by atoms with E-state index in [1.54, 1.807) is 43.3 Å². The van der Waals surface area contributed by atoms with Crippen molar-refractivity contribution in [1.29, 1.82) is 0 Å². The maximum Gasteiger partial charge on any atom is 0.323 e. The van der Waals surface area contributed by atoms with E-state index in [0.717, 1.165) is 5.56 Å². The maximum atomic E-state index is 14.0. The Hall–Kier alpha value is -3.09. The molecular formula is C18H19FN4O2. The molecule has 2 aromatic carbocycles. The first-order chi connectivity index (χ1) is 11.8. The van der Waals surface area contributed by atoms with E-state index in [1.807, 2.05) is 13.0 Å². The number of carbonyl (C=O) groups is 1. The van der Waals surface area contributed by atoms with Gasteiger partial charge >= 0.3 is 5.69 Å². The van der Waals surface area contributed by atoms with E-state index in [1.165, 1.54) is 6.07 Å². The molecule has 0 saturated carbocycles. The first-order valence-corrected chi connectivity index (χ1v) is 7.85. The lowest BCUT2D eigenvalue weighted by Gasteiger charge is -2.16. The van der Waals surface area contributed by atoms with Gasteiger partial charge in [0.25, 0.3) is 5.91 Å². The van der Waals surface area contributed by atoms with Crippen molar-refractivity contribution < 1.29 is 9.18 Å². The Kier molecular flexibility index (Phi) is 4.31. The summed E-state index contributed by atoms with van der Waals surface area (Å²) in [7, 11) is 3.48. The minimum Gasteiger partial charge on any atom is -0.375 e. The van der Waals surface area contributed by atoms with E-state index in [9.17, 15) is 14.0 Å². The SMILES string of the molecule is C[C@H](NC(=O)c1ccc(N(C)C)c(F)c1)c1ccc2[nH]c(=O)[nH]c2c1. The van der Waals surface area contributed by atoms with E-state index in [4.69, 9.17) is 0 Å². The van der Waals surface area contributed by atoms with Crippen molar-refractivity contribution >= 4 is 22.6 Å². The number of hydrogen-bond acceptors (Lipinski definition) is 3. The van der Waals surface area contributed by atoms with Gasteiger partial charge in [-0.2, -0.15) is 0 Å². The minimum absolute atomic E-state index is 0.256. The van der Waals surface area contributed by atoms with Crippen LogP contribution in [0.15, 0.2) is 41.2 Å². The number of anilines is 1. The normalized spacial score (nSPS) is 12.2. The average molecular weight is 342 g/mol. The minimum atomic E-state index is -0.448. The highest BCUT2D eigenvalue weighted by Crippen LogP contribution is 2.20. The zero-order valence-electron chi connectivity index (χ0n) is 14.2. The van der Waals surface area contributed by atoms with Gasteiger partial charge in [-0.1, -0.05) is 6.07 Å². The molecular weight excluding hydrogens is 323 g/mol. The third kappa shape index (κ3) is 3.40. The summed E-state index contributed by atoms with van der Waals surface area (Å²) in [5.41, 5.74) is 2.61. The third-order valence-corrected chi connectivity index (χ3v) is 4.08. The van der Waals surface area contributed by atoms with E-state index in [0.29, 0.717) is 16.7 Å². The quantitative estimate of drug-likeness (QED) is 0.682. The van der Waals surface area contributed by atoms with Gasteiger partial charge in [0.2, 0.25) is 0 Å². The number of fused-ring (bicyclic) bond motifs is 1. The summed E-state index contributed by atoms with van der Waals surface area (Å²) >= 11 is 0. The van der Waals surface area contributed by atoms with Crippen molar-refractivity contribution in [2.24, 2.45) is 0 Å². The lowest BCUT2D eigenvalue weighted by atomic mass is 10.1. The summed E-state index contributed by atoms with van der Waals surface area (Å²) in [6.45, 7) is 1.83. The number of amides is 1. The summed E-state index contributed by atoms with van der Waals surface area (Å²) in [5.74, 6) is -0.809. The van der Waals surface area contributed by atoms with Crippen molar-refractivity contribution in [1.82, 2.24) is 15.3 Å². The molecule has 1 aromatic heterocycles. The van der Waals surface area contributed by atoms with Gasteiger partial charge in [-0.25, -0.2) is 9.18 Å². The van der Waals surface area contributed by atoms with E-state index in [2.05, 4.69) is 15.3 Å². The van der Waals surface area contributed by atoms with Gasteiger partial charge < -0.3 is 20.2 Å². The molecule has 3 rings (SSSR count). The van der Waals surface area contributed by atoms with Crippen LogP contribution in [0.25, 0.3) is 11.0 Å². The van der Waals surface area contributed by atoms with E-state index >= 15 is 0 Å². The van der Waals surface area contributed by atoms with E-state index < -0.39 is 5.82 Å². The third-order valence-electron chi connectivity index (χ3n) is 4.08. The Labute approximate surface area is 143 Å². The molecule has 3 N–H and O–H groups in total. The molecule has 0 aliphatic carbocycles. The number of benzene rings is 2. The van der Waals surface area contributed by atoms with Crippen LogP contribution in [0.1, 0.15) is 28.9 Å². The first-order valence-electron chi connectivity index (χ1n) is 7.85. The molecule has 0 radical (unpaired) electrons. The molecule has 3 aromatic rings. The van der Waals surface area contributed by atoms with E-state index in [-0.39, 0.29) is 23.2 Å². The standard InChI is InChI=1S/C18H19FN4O2/c1-10(11-4-6-14-15(9-11)22-18(25)21-14)20-17(24)12-5-7-16(23(2)3)13(19)8-12/h4-10H,1-3H3,(H,20,24)(H2,21,22,25)/t10-/m0/s1. The molecule has 0 unspecified atom stereocenters. The average Bonchev–Trinajstić information content (AvgIpc) is 2.93. The second-order valence-corrected chi connectivity index (χ2v) is 6.14. The predicted octanol–water partition coefficient (Wildman–Crippen LogP) is 2.55. The van der Waals surface area contributed by atoms with Crippen molar-refractivity contribution in [3.63, 3.8) is 0 Å². The Bertz CT molecular complexity index is 990. The monoisotopic (exact) mass is 342 g/mol. The number of nitrogens with one attached hydrogen (secondary N) is 3. The Balaban J connectivity index is 1.79. The largest absolute Gasteiger partial charge is 0.375 e. The van der Waals surface area contributed by atoms with Crippen LogP contribution in [-0.4, -0.2) is 30.0 Å². The number of hydrogen-bond donors (Lipinski definition) is 3. The lowest BCUT2D eigenvalue weighted by molar-refractivity contribution is 0.0939. The number of nitrogens with zero attached hydrogens (tertiary/aromatic N) is 1. The molecule has 6 nitrogen and oxygen atoms in total. The molecule has 0 aliphatic heterocycles. The van der Waals surface area contributed by atoms with Crippen molar-refractivity contribution in [2.45, 2.75) is 13.0 Å². The molecule has 0 saturated heterocycles. The predicted molar refractivity (Wildman–Crippen MR) is 95.5 cm³/mol. The molecule has 1 heterocycles. The number of H-pyrrole nitrogens is 2. The molecule has 0 spiro atoms. The van der Waals surface area contributed by atoms with Gasteiger partial charge in [0, 0.05) is 19.7 Å². The van der Waals surface area contributed by atoms with Crippen LogP contribution in [0.2, 0.25) is 0 Å². The first kappa shape index (κ1) is 16.8. The zero-order chi connectivity index (χ0) is 18.1. The Morgan fingerprint density at radius 1 is 1.12 bits per heavy atom. The smallest absolute Gasteiger partial charge is 0.323 e. The lowest BCUT2D eigenvalue weighted by Crippen LogP contribution is -2.26. The molecule has 25 heavy (non-hydrogen) atoms. The highest BCUT2D eigenvalue weighted by Gasteiger charge is 2.15. The molecule has 1 atom stereocenters. The summed E-state index contributed by atoms with van der Waals surface area (Å²) < 4.78 is 14.0. The fraction of sp³-hybridized carbons (Fsp3) is 0.222. The second-order valence-electron chi connectivity index (χ2n) is 6.14. The van der Waals surface area contributed by atoms with Crippen LogP contribution < -0.4 is 15.9 Å². The van der Waals surface area contributed by atoms with Crippen LogP contribution in [0, 0.1) is 5.82 Å². The van der Waals surface area contributed by atoms with Crippen molar-refractivity contribution in [2.75, 3.05) is 19.0 Å². The van der Waals surface area contributed by atoms with Gasteiger partial charge in [-0.05, 0) is 42.8 Å². The molecule has 1 amide bonds. The number of aromatic amines is 2. The maximum absolute atomic E-state index is 14.0.